The molecule has 0 unspecified atom stereocenters. The third-order valence-corrected chi connectivity index (χ3v) is 2.82. The number of primary sulfonamides is 1. The van der Waals surface area contributed by atoms with Crippen LogP contribution in [0.5, 0.6) is 0 Å². The van der Waals surface area contributed by atoms with Gasteiger partial charge in [-0.3, -0.25) is 9.59 Å². The molecule has 0 spiro atoms. The van der Waals surface area contributed by atoms with Crippen LogP contribution in [-0.4, -0.2) is 20.2 Å². The third kappa shape index (κ3) is 4.00. The maximum absolute atomic E-state index is 11.4. The fourth-order valence-corrected chi connectivity index (χ4v) is 1.84. The highest BCUT2D eigenvalue weighted by Crippen LogP contribution is 2.18. The predicted molar refractivity (Wildman–Crippen MR) is 64.8 cm³/mol. The van der Waals surface area contributed by atoms with Crippen molar-refractivity contribution >= 4 is 27.5 Å². The van der Waals surface area contributed by atoms with Crippen LogP contribution < -0.4 is 16.2 Å². The van der Waals surface area contributed by atoms with Gasteiger partial charge in [-0.1, -0.05) is 12.1 Å². The smallest absolute Gasteiger partial charge is 0.248 e. The summed E-state index contributed by atoms with van der Waals surface area (Å²) in [5.41, 5.74) is 4.84. The minimum Gasteiger partial charge on any atom is -0.366 e. The molecule has 18 heavy (non-hydrogen) atoms. The monoisotopic (exact) mass is 269 g/mol. The van der Waals surface area contributed by atoms with Gasteiger partial charge in [-0.2, -0.15) is 0 Å². The minimum absolute atomic E-state index is 0.0270. The zero-order chi connectivity index (χ0) is 13.8. The Morgan fingerprint density at radius 2 is 1.78 bits per heavy atom. The summed E-state index contributed by atoms with van der Waals surface area (Å²) in [5.74, 6) is -1.48. The van der Waals surface area contributed by atoms with Gasteiger partial charge in [0, 0.05) is 12.2 Å². The number of nitrogens with one attached hydrogen (secondary N) is 1. The predicted octanol–water partition coefficient (Wildman–Crippen LogP) is -0.686. The van der Waals surface area contributed by atoms with Crippen LogP contribution >= 0.6 is 0 Å². The average molecular weight is 269 g/mol. The first-order valence-electron chi connectivity index (χ1n) is 4.71. The van der Waals surface area contributed by atoms with Gasteiger partial charge in [0.1, 0.15) is 4.90 Å². The van der Waals surface area contributed by atoms with Crippen molar-refractivity contribution in [3.63, 3.8) is 0 Å². The summed E-state index contributed by atoms with van der Waals surface area (Å²) in [7, 11) is -3.94. The van der Waals surface area contributed by atoms with Crippen molar-refractivity contribution in [2.24, 2.45) is 10.9 Å². The molecule has 5 N–H and O–H groups in total. The van der Waals surface area contributed by atoms with Gasteiger partial charge in [0.05, 0.1) is 5.69 Å². The maximum Gasteiger partial charge on any atom is 0.248 e. The number of rotatable bonds is 4. The second-order valence-electron chi connectivity index (χ2n) is 3.27. The van der Waals surface area contributed by atoms with Crippen molar-refractivity contribution in [1.82, 2.24) is 0 Å². The Morgan fingerprint density at radius 3 is 2.33 bits per heavy atom. The van der Waals surface area contributed by atoms with E-state index in [1.54, 1.807) is 0 Å². The Morgan fingerprint density at radius 1 is 1.17 bits per heavy atom. The molecule has 0 aliphatic heterocycles. The van der Waals surface area contributed by atoms with E-state index in [0.29, 0.717) is 0 Å². The average Bonchev–Trinajstić information content (AvgIpc) is 2.25. The van der Waals surface area contributed by atoms with E-state index in [2.05, 4.69) is 5.32 Å². The van der Waals surface area contributed by atoms with E-state index in [9.17, 15) is 18.0 Å². The van der Waals surface area contributed by atoms with Crippen molar-refractivity contribution in [3.8, 4) is 0 Å². The molecule has 0 aliphatic rings. The molecule has 7 nitrogen and oxygen atoms in total. The van der Waals surface area contributed by atoms with E-state index < -0.39 is 21.8 Å². The van der Waals surface area contributed by atoms with Crippen molar-refractivity contribution in [2.45, 2.75) is 4.90 Å². The second-order valence-corrected chi connectivity index (χ2v) is 4.80. The number of amides is 2. The molecule has 0 radical (unpaired) electrons. The number of benzene rings is 1. The molecule has 0 aromatic heterocycles. The Bertz CT molecular complexity index is 607. The zero-order valence-electron chi connectivity index (χ0n) is 9.16. The molecule has 0 heterocycles. The van der Waals surface area contributed by atoms with Gasteiger partial charge in [0.25, 0.3) is 0 Å². The Kier molecular flexibility index (Phi) is 4.18. The molecule has 1 aromatic carbocycles. The lowest BCUT2D eigenvalue weighted by Crippen LogP contribution is -2.17. The highest BCUT2D eigenvalue weighted by atomic mass is 32.2. The Hall–Kier alpha value is -2.19. The summed E-state index contributed by atoms with van der Waals surface area (Å²) in [6.07, 6.45) is 1.75. The summed E-state index contributed by atoms with van der Waals surface area (Å²) < 4.78 is 22.5. The first-order chi connectivity index (χ1) is 8.30. The maximum atomic E-state index is 11.4. The molecule has 0 aliphatic carbocycles. The quantitative estimate of drug-likeness (QED) is 0.624. The molecule has 0 saturated carbocycles. The van der Waals surface area contributed by atoms with E-state index in [1.165, 1.54) is 24.3 Å². The van der Waals surface area contributed by atoms with Crippen molar-refractivity contribution in [1.29, 1.82) is 0 Å². The van der Waals surface area contributed by atoms with Gasteiger partial charge in [-0.15, -0.1) is 0 Å². The van der Waals surface area contributed by atoms with Crippen LogP contribution in [0.3, 0.4) is 0 Å². The summed E-state index contributed by atoms with van der Waals surface area (Å²) in [4.78, 5) is 21.6. The fourth-order valence-electron chi connectivity index (χ4n) is 1.15. The SMILES string of the molecule is NC(=O)C=CC(=O)Nc1ccccc1S(N)(=O)=O. The van der Waals surface area contributed by atoms with Crippen LogP contribution in [0.15, 0.2) is 41.3 Å². The third-order valence-electron chi connectivity index (χ3n) is 1.85. The summed E-state index contributed by atoms with van der Waals surface area (Å²) in [6, 6.07) is 5.62. The number of nitrogens with two attached hydrogens (primary N) is 2. The van der Waals surface area contributed by atoms with Gasteiger partial charge in [-0.05, 0) is 12.1 Å². The van der Waals surface area contributed by atoms with E-state index in [0.717, 1.165) is 12.2 Å². The number of anilines is 1. The lowest BCUT2D eigenvalue weighted by molar-refractivity contribution is -0.115. The van der Waals surface area contributed by atoms with Crippen LogP contribution in [0, 0.1) is 0 Å². The van der Waals surface area contributed by atoms with E-state index >= 15 is 0 Å². The van der Waals surface area contributed by atoms with Gasteiger partial charge in [0.2, 0.25) is 21.8 Å². The Balaban J connectivity index is 2.99. The molecule has 8 heteroatoms. The molecule has 0 bridgehead atoms. The summed E-state index contributed by atoms with van der Waals surface area (Å²) in [5, 5.41) is 7.26. The van der Waals surface area contributed by atoms with Crippen molar-refractivity contribution in [3.05, 3.63) is 36.4 Å². The molecule has 0 saturated heterocycles. The second kappa shape index (κ2) is 5.43. The molecule has 0 atom stereocenters. The van der Waals surface area contributed by atoms with Crippen molar-refractivity contribution < 1.29 is 18.0 Å². The van der Waals surface area contributed by atoms with Gasteiger partial charge >= 0.3 is 0 Å². The van der Waals surface area contributed by atoms with Crippen LogP contribution in [-0.2, 0) is 19.6 Å². The minimum atomic E-state index is -3.94. The molecule has 0 fully saturated rings. The molecular weight excluding hydrogens is 258 g/mol. The molecule has 1 rings (SSSR count). The van der Waals surface area contributed by atoms with E-state index in [4.69, 9.17) is 10.9 Å². The first-order valence-corrected chi connectivity index (χ1v) is 6.25. The lowest BCUT2D eigenvalue weighted by Gasteiger charge is -2.07. The van der Waals surface area contributed by atoms with Crippen LogP contribution in [0.25, 0.3) is 0 Å². The summed E-state index contributed by atoms with van der Waals surface area (Å²) in [6.45, 7) is 0. The van der Waals surface area contributed by atoms with Gasteiger partial charge < -0.3 is 11.1 Å². The molecular formula is C10H11N3O4S. The van der Waals surface area contributed by atoms with E-state index in [-0.39, 0.29) is 10.6 Å². The van der Waals surface area contributed by atoms with Crippen molar-refractivity contribution in [2.75, 3.05) is 5.32 Å². The first kappa shape index (κ1) is 13.9. The zero-order valence-corrected chi connectivity index (χ0v) is 9.98. The number of carbonyl (C=O) groups is 2. The van der Waals surface area contributed by atoms with Gasteiger partial charge in [0.15, 0.2) is 0 Å². The molecule has 96 valence electrons. The van der Waals surface area contributed by atoms with Crippen LogP contribution in [0.1, 0.15) is 0 Å². The van der Waals surface area contributed by atoms with Gasteiger partial charge in [-0.25, -0.2) is 13.6 Å². The number of carbonyl (C=O) groups excluding carboxylic acids is 2. The number of sulfonamides is 1. The van der Waals surface area contributed by atoms with Crippen LogP contribution in [0.2, 0.25) is 0 Å². The number of hydrogen-bond acceptors (Lipinski definition) is 4. The largest absolute Gasteiger partial charge is 0.366 e. The summed E-state index contributed by atoms with van der Waals surface area (Å²) >= 11 is 0. The Labute approximate surface area is 104 Å². The molecule has 1 aromatic rings. The normalized spacial score (nSPS) is 11.4. The highest BCUT2D eigenvalue weighted by molar-refractivity contribution is 7.89. The lowest BCUT2D eigenvalue weighted by atomic mass is 10.3. The number of para-hydroxylation sites is 1. The topological polar surface area (TPSA) is 132 Å². The van der Waals surface area contributed by atoms with Crippen LogP contribution in [0.4, 0.5) is 5.69 Å². The molecule has 2 amide bonds. The van der Waals surface area contributed by atoms with E-state index in [1.807, 2.05) is 0 Å². The highest BCUT2D eigenvalue weighted by Gasteiger charge is 2.13. The number of primary amides is 1. The standard InChI is InChI=1S/C10H11N3O4S/c11-9(14)5-6-10(15)13-7-3-1-2-4-8(7)18(12,16)17/h1-6H,(H2,11,14)(H,13,15)(H2,12,16,17). The number of hydrogen-bond donors (Lipinski definition) is 3. The fraction of sp³-hybridized carbons (Fsp3) is 0.